The van der Waals surface area contributed by atoms with E-state index in [2.05, 4.69) is 4.74 Å². The summed E-state index contributed by atoms with van der Waals surface area (Å²) in [6.07, 6.45) is -6.87. The summed E-state index contributed by atoms with van der Waals surface area (Å²) >= 11 is 0. The highest BCUT2D eigenvalue weighted by atomic mass is 19.4. The van der Waals surface area contributed by atoms with Crippen LogP contribution in [0, 0.1) is 11.7 Å². The van der Waals surface area contributed by atoms with Crippen molar-refractivity contribution in [2.24, 2.45) is 5.92 Å². The van der Waals surface area contributed by atoms with Crippen LogP contribution in [0.15, 0.2) is 18.2 Å². The molecule has 1 aromatic rings. The third-order valence-corrected chi connectivity index (χ3v) is 4.46. The van der Waals surface area contributed by atoms with Gasteiger partial charge in [-0.05, 0) is 13.0 Å². The van der Waals surface area contributed by atoms with Gasteiger partial charge in [0.2, 0.25) is 0 Å². The van der Waals surface area contributed by atoms with Gasteiger partial charge in [0.15, 0.2) is 11.7 Å². The maximum absolute atomic E-state index is 13.4. The van der Waals surface area contributed by atoms with Gasteiger partial charge in [0, 0.05) is 23.5 Å². The van der Waals surface area contributed by atoms with E-state index >= 15 is 0 Å². The molecule has 0 aromatic heterocycles. The maximum atomic E-state index is 13.4. The lowest BCUT2D eigenvalue weighted by Crippen LogP contribution is -2.47. The molecule has 0 amide bonds. The van der Waals surface area contributed by atoms with E-state index in [0.717, 1.165) is 19.1 Å². The minimum atomic E-state index is -4.90. The summed E-state index contributed by atoms with van der Waals surface area (Å²) < 4.78 is 87.5. The molecule has 1 heterocycles. The van der Waals surface area contributed by atoms with Gasteiger partial charge in [0.1, 0.15) is 11.6 Å². The van der Waals surface area contributed by atoms with E-state index in [1.807, 2.05) is 0 Å². The number of carbonyl (C=O) groups is 1. The summed E-state index contributed by atoms with van der Waals surface area (Å²) in [6, 6.07) is 2.31. The molecule has 1 N–H and O–H groups in total. The number of carboxylic acids is 1. The van der Waals surface area contributed by atoms with Crippen molar-refractivity contribution in [3.63, 3.8) is 0 Å². The average Bonchev–Trinajstić information content (AvgIpc) is 2.72. The summed E-state index contributed by atoms with van der Waals surface area (Å²) in [5.74, 6) is -6.32. The predicted molar refractivity (Wildman–Crippen MR) is 71.9 cm³/mol. The molecule has 0 spiro atoms. The van der Waals surface area contributed by atoms with Crippen LogP contribution in [-0.4, -0.2) is 35.6 Å². The Morgan fingerprint density at radius 3 is 2.44 bits per heavy atom. The monoisotopic (exact) mass is 372 g/mol. The van der Waals surface area contributed by atoms with Gasteiger partial charge in [-0.2, -0.15) is 22.0 Å². The molecule has 140 valence electrons. The standard InChI is InChI=1S/C15H14F6O4/c1-6-10(8-4-3-7(16)5-9(8)24-13(17)18)11(12(22)23)25-14(6,2)15(19,20)21/h3-6,10-11,13H,1-2H3,(H,22,23). The van der Waals surface area contributed by atoms with Gasteiger partial charge in [-0.1, -0.05) is 13.0 Å². The zero-order valence-electron chi connectivity index (χ0n) is 13.0. The largest absolute Gasteiger partial charge is 0.479 e. The Bertz CT molecular complexity index is 662. The van der Waals surface area contributed by atoms with Crippen molar-refractivity contribution in [2.75, 3.05) is 0 Å². The van der Waals surface area contributed by atoms with Gasteiger partial charge in [-0.3, -0.25) is 0 Å². The first-order valence-corrected chi connectivity index (χ1v) is 7.10. The lowest BCUT2D eigenvalue weighted by Gasteiger charge is -2.31. The predicted octanol–water partition coefficient (Wildman–Crippen LogP) is 3.95. The third-order valence-electron chi connectivity index (χ3n) is 4.46. The molecule has 1 saturated heterocycles. The smallest absolute Gasteiger partial charge is 0.417 e. The molecule has 4 nitrogen and oxygen atoms in total. The fourth-order valence-corrected chi connectivity index (χ4v) is 2.99. The number of carboxylic acid groups (broad SMARTS) is 1. The van der Waals surface area contributed by atoms with Gasteiger partial charge >= 0.3 is 18.8 Å². The van der Waals surface area contributed by atoms with Gasteiger partial charge in [0.05, 0.1) is 0 Å². The number of benzene rings is 1. The first kappa shape index (κ1) is 19.4. The van der Waals surface area contributed by atoms with Crippen molar-refractivity contribution in [3.8, 4) is 5.75 Å². The van der Waals surface area contributed by atoms with Gasteiger partial charge in [-0.15, -0.1) is 0 Å². The Hall–Kier alpha value is -1.97. The third kappa shape index (κ3) is 3.39. The van der Waals surface area contributed by atoms with Crippen molar-refractivity contribution < 1.29 is 45.7 Å². The minimum Gasteiger partial charge on any atom is -0.479 e. The molecule has 0 aliphatic carbocycles. The van der Waals surface area contributed by atoms with E-state index in [-0.39, 0.29) is 5.56 Å². The molecule has 1 fully saturated rings. The topological polar surface area (TPSA) is 55.8 Å². The number of hydrogen-bond acceptors (Lipinski definition) is 3. The normalized spacial score (nSPS) is 29.9. The van der Waals surface area contributed by atoms with Gasteiger partial charge in [-0.25, -0.2) is 9.18 Å². The van der Waals surface area contributed by atoms with E-state index in [4.69, 9.17) is 4.74 Å². The van der Waals surface area contributed by atoms with Crippen LogP contribution in [0.1, 0.15) is 25.3 Å². The van der Waals surface area contributed by atoms with Crippen LogP contribution < -0.4 is 4.74 Å². The molecule has 1 aliphatic rings. The number of hydrogen-bond donors (Lipinski definition) is 1. The van der Waals surface area contributed by atoms with Crippen molar-refractivity contribution in [1.29, 1.82) is 0 Å². The number of rotatable bonds is 4. The Morgan fingerprint density at radius 1 is 1.36 bits per heavy atom. The molecule has 4 unspecified atom stereocenters. The SMILES string of the molecule is CC1C(c2ccc(F)cc2OC(F)F)C(C(=O)O)OC1(C)C(F)(F)F. The lowest BCUT2D eigenvalue weighted by molar-refractivity contribution is -0.273. The summed E-state index contributed by atoms with van der Waals surface area (Å²) in [5.41, 5.74) is -3.12. The molecular weight excluding hydrogens is 358 g/mol. The second-order valence-corrected chi connectivity index (χ2v) is 5.86. The summed E-state index contributed by atoms with van der Waals surface area (Å²) in [6.45, 7) is -1.59. The summed E-state index contributed by atoms with van der Waals surface area (Å²) in [4.78, 5) is 11.4. The van der Waals surface area contributed by atoms with Gasteiger partial charge < -0.3 is 14.6 Å². The molecule has 0 saturated carbocycles. The number of ether oxygens (including phenoxy) is 2. The van der Waals surface area contributed by atoms with Crippen LogP contribution in [0.5, 0.6) is 5.75 Å². The van der Waals surface area contributed by atoms with E-state index in [9.17, 15) is 36.2 Å². The molecule has 10 heteroatoms. The fraction of sp³-hybridized carbons (Fsp3) is 0.533. The van der Waals surface area contributed by atoms with Crippen LogP contribution in [0.25, 0.3) is 0 Å². The minimum absolute atomic E-state index is 0.297. The summed E-state index contributed by atoms with van der Waals surface area (Å²) in [5, 5.41) is 9.23. The Kier molecular flexibility index (Phi) is 4.95. The van der Waals surface area contributed by atoms with Crippen molar-refractivity contribution in [3.05, 3.63) is 29.6 Å². The molecule has 2 rings (SSSR count). The van der Waals surface area contributed by atoms with Crippen molar-refractivity contribution in [1.82, 2.24) is 0 Å². The highest BCUT2D eigenvalue weighted by Crippen LogP contribution is 2.54. The highest BCUT2D eigenvalue weighted by molar-refractivity contribution is 5.75. The number of alkyl halides is 5. The van der Waals surface area contributed by atoms with E-state index in [1.54, 1.807) is 0 Å². The number of halogens is 6. The Morgan fingerprint density at radius 2 is 1.96 bits per heavy atom. The molecule has 1 aromatic carbocycles. The second-order valence-electron chi connectivity index (χ2n) is 5.86. The number of aliphatic carboxylic acids is 1. The quantitative estimate of drug-likeness (QED) is 0.814. The van der Waals surface area contributed by atoms with Crippen LogP contribution in [0.2, 0.25) is 0 Å². The second kappa shape index (κ2) is 6.40. The van der Waals surface area contributed by atoms with E-state index in [1.165, 1.54) is 0 Å². The van der Waals surface area contributed by atoms with Crippen LogP contribution in [-0.2, 0) is 9.53 Å². The Balaban J connectivity index is 2.58. The van der Waals surface area contributed by atoms with Crippen LogP contribution in [0.3, 0.4) is 0 Å². The zero-order chi connectivity index (χ0) is 19.2. The zero-order valence-corrected chi connectivity index (χ0v) is 13.0. The van der Waals surface area contributed by atoms with E-state index < -0.39 is 53.9 Å². The Labute approximate surface area is 138 Å². The molecule has 25 heavy (non-hydrogen) atoms. The summed E-state index contributed by atoms with van der Waals surface area (Å²) in [7, 11) is 0. The fourth-order valence-electron chi connectivity index (χ4n) is 2.99. The van der Waals surface area contributed by atoms with Gasteiger partial charge in [0.25, 0.3) is 0 Å². The van der Waals surface area contributed by atoms with Crippen molar-refractivity contribution >= 4 is 5.97 Å². The maximum Gasteiger partial charge on any atom is 0.417 e. The molecule has 0 bridgehead atoms. The molecule has 4 atom stereocenters. The molecule has 0 radical (unpaired) electrons. The first-order chi connectivity index (χ1) is 11.4. The first-order valence-electron chi connectivity index (χ1n) is 7.10. The average molecular weight is 372 g/mol. The lowest BCUT2D eigenvalue weighted by atomic mass is 9.77. The molecular formula is C15H14F6O4. The van der Waals surface area contributed by atoms with Crippen LogP contribution >= 0.6 is 0 Å². The van der Waals surface area contributed by atoms with E-state index in [0.29, 0.717) is 13.0 Å². The van der Waals surface area contributed by atoms with Crippen LogP contribution in [0.4, 0.5) is 26.3 Å². The highest BCUT2D eigenvalue weighted by Gasteiger charge is 2.66. The van der Waals surface area contributed by atoms with Crippen molar-refractivity contribution in [2.45, 2.75) is 44.3 Å². The molecule has 1 aliphatic heterocycles.